The molecule has 0 unspecified atom stereocenters. The molecule has 0 fully saturated rings. The van der Waals surface area contributed by atoms with E-state index in [0.717, 1.165) is 101 Å². The van der Waals surface area contributed by atoms with Crippen molar-refractivity contribution in [1.82, 2.24) is 14.5 Å². The summed E-state index contributed by atoms with van der Waals surface area (Å²) >= 11 is -1.86. The van der Waals surface area contributed by atoms with Gasteiger partial charge in [-0.1, -0.05) is 141 Å². The second kappa shape index (κ2) is 19.6. The zero-order valence-electron chi connectivity index (χ0n) is 40.7. The molecular formula is C63H57GeIrN3O-2. The Morgan fingerprint density at radius 3 is 1.93 bits per heavy atom. The Balaban J connectivity index is 0.000000238. The molecule has 1 radical (unpaired) electrons. The van der Waals surface area contributed by atoms with Gasteiger partial charge in [-0.2, -0.15) is 0 Å². The number of benzene rings is 8. The zero-order chi connectivity index (χ0) is 47.2. The average molecular weight is 1140 g/mol. The third kappa shape index (κ3) is 9.53. The smallest absolute Gasteiger partial charge is 0 e. The minimum absolute atomic E-state index is 0. The number of nitrogens with zero attached hydrogens (tertiary/aromatic N) is 3. The summed E-state index contributed by atoms with van der Waals surface area (Å²) in [6.45, 7) is 11.4. The van der Waals surface area contributed by atoms with Gasteiger partial charge in [0, 0.05) is 42.0 Å². The van der Waals surface area contributed by atoms with E-state index in [1.54, 1.807) is 4.40 Å². The molecule has 0 saturated heterocycles. The standard InChI is InChI=1S/C45H33N2O.C18H24GeN.Ir/c1-45(2,3)32-27-37(29-15-6-4-7-16-29)42(38(28-32)30-17-8-5-9-18-30)47-39-26-25-31-19-10-11-20-33(31)41(39)46-44(47)36-23-14-22-35-34-21-12-13-24-40(34)48-43(35)36;1-14(2)11-16-12-18(15-9-7-6-8-10-15)20-13-17(16)19(3,4)5;/h4-22,24-28H,1-3H3;6-9,12-14H,11H2,1-5H3;/q2*-1;. The van der Waals surface area contributed by atoms with Crippen LogP contribution in [0.2, 0.25) is 17.3 Å². The molecule has 0 atom stereocenters. The summed E-state index contributed by atoms with van der Waals surface area (Å²) in [5.41, 5.74) is 14.9. The van der Waals surface area contributed by atoms with Gasteiger partial charge >= 0.3 is 126 Å². The third-order valence-corrected chi connectivity index (χ3v) is 17.2. The number of hydrogen-bond acceptors (Lipinski definition) is 3. The molecule has 0 saturated carbocycles. The summed E-state index contributed by atoms with van der Waals surface area (Å²) in [7, 11) is 0. The molecule has 0 amide bonds. The van der Waals surface area contributed by atoms with Gasteiger partial charge in [-0.15, -0.1) is 18.2 Å². The molecule has 0 aliphatic carbocycles. The first-order chi connectivity index (χ1) is 32.8. The van der Waals surface area contributed by atoms with Crippen LogP contribution in [0.15, 0.2) is 187 Å². The van der Waals surface area contributed by atoms with Gasteiger partial charge in [0.2, 0.25) is 0 Å². The van der Waals surface area contributed by atoms with Crippen LogP contribution in [-0.4, -0.2) is 27.8 Å². The molecule has 11 aromatic rings. The van der Waals surface area contributed by atoms with Crippen LogP contribution in [-0.2, 0) is 31.9 Å². The van der Waals surface area contributed by atoms with Crippen LogP contribution >= 0.6 is 0 Å². The molecule has 8 aromatic carbocycles. The minimum Gasteiger partial charge on any atom is 0 e. The first-order valence-electron chi connectivity index (χ1n) is 23.8. The van der Waals surface area contributed by atoms with Crippen molar-refractivity contribution in [2.75, 3.05) is 0 Å². The fourth-order valence-corrected chi connectivity index (χ4v) is 12.9. The van der Waals surface area contributed by atoms with Crippen molar-refractivity contribution in [3.8, 4) is 50.6 Å². The first-order valence-corrected chi connectivity index (χ1v) is 31.2. The van der Waals surface area contributed by atoms with Gasteiger partial charge < -0.3 is 8.98 Å². The number of aromatic nitrogens is 3. The SMILES string of the molecule is CC(C)(C)c1cc(-c2ccccc2)c(-n2c(-c3[c-]ccc4c3oc3ccccc34)nc3c4ccccc4ccc32)c(-c2ccccc2)c1.CC(C)Cc1cc(-c2[c-]cccc2)nc[c]1[Ge]([CH3])([CH3])[CH3].[Ir]. The van der Waals surface area contributed by atoms with Crippen LogP contribution in [0.1, 0.15) is 45.7 Å². The number of imidazole rings is 1. The quantitative estimate of drug-likeness (QED) is 0.112. The Morgan fingerprint density at radius 2 is 1.29 bits per heavy atom. The molecule has 0 aliphatic heterocycles. The summed E-state index contributed by atoms with van der Waals surface area (Å²) in [5.74, 6) is 8.79. The topological polar surface area (TPSA) is 43.9 Å². The predicted molar refractivity (Wildman–Crippen MR) is 290 cm³/mol. The zero-order valence-corrected chi connectivity index (χ0v) is 45.2. The molecule has 4 nitrogen and oxygen atoms in total. The van der Waals surface area contributed by atoms with E-state index in [9.17, 15) is 0 Å². The van der Waals surface area contributed by atoms with Crippen molar-refractivity contribution in [3.05, 3.63) is 205 Å². The maximum absolute atomic E-state index is 6.62. The second-order valence-electron chi connectivity index (χ2n) is 20.4. The van der Waals surface area contributed by atoms with E-state index in [1.807, 2.05) is 36.4 Å². The molecule has 0 aliphatic rings. The first kappa shape index (κ1) is 47.7. The van der Waals surface area contributed by atoms with Gasteiger partial charge in [0.05, 0.1) is 28.1 Å². The van der Waals surface area contributed by atoms with Gasteiger partial charge in [-0.25, -0.2) is 0 Å². The normalized spacial score (nSPS) is 11.8. The molecule has 3 aromatic heterocycles. The number of furan rings is 1. The van der Waals surface area contributed by atoms with Crippen molar-refractivity contribution in [2.45, 2.75) is 63.7 Å². The Hall–Kier alpha value is -6.37. The molecule has 6 heteroatoms. The Kier molecular flexibility index (Phi) is 13.5. The van der Waals surface area contributed by atoms with E-state index in [0.29, 0.717) is 5.92 Å². The number of pyridine rings is 1. The largest absolute Gasteiger partial charge is 0 e. The Labute approximate surface area is 423 Å². The maximum atomic E-state index is 6.62. The van der Waals surface area contributed by atoms with Crippen LogP contribution in [0.25, 0.3) is 94.3 Å². The summed E-state index contributed by atoms with van der Waals surface area (Å²) in [5, 5.41) is 4.40. The van der Waals surface area contributed by atoms with Crippen molar-refractivity contribution in [1.29, 1.82) is 0 Å². The van der Waals surface area contributed by atoms with Gasteiger partial charge in [0.1, 0.15) is 5.58 Å². The number of para-hydroxylation sites is 1. The summed E-state index contributed by atoms with van der Waals surface area (Å²) in [6.07, 6.45) is 3.27. The van der Waals surface area contributed by atoms with E-state index in [2.05, 4.69) is 214 Å². The van der Waals surface area contributed by atoms with E-state index in [1.165, 1.54) is 11.1 Å². The van der Waals surface area contributed by atoms with Gasteiger partial charge in [-0.3, -0.25) is 4.98 Å². The number of rotatable bonds is 8. The predicted octanol–water partition coefficient (Wildman–Crippen LogP) is 16.5. The van der Waals surface area contributed by atoms with Crippen molar-refractivity contribution < 1.29 is 24.5 Å². The summed E-state index contributed by atoms with van der Waals surface area (Å²) in [6, 6.07) is 68.7. The van der Waals surface area contributed by atoms with Crippen molar-refractivity contribution in [3.63, 3.8) is 0 Å². The van der Waals surface area contributed by atoms with Gasteiger partial charge in [0.15, 0.2) is 0 Å². The van der Waals surface area contributed by atoms with E-state index < -0.39 is 13.3 Å². The third-order valence-electron chi connectivity index (χ3n) is 12.9. The van der Waals surface area contributed by atoms with E-state index >= 15 is 0 Å². The van der Waals surface area contributed by atoms with Gasteiger partial charge in [-0.05, 0) is 51.8 Å². The molecule has 345 valence electrons. The summed E-state index contributed by atoms with van der Waals surface area (Å²) < 4.78 is 10.5. The maximum Gasteiger partial charge on any atom is 0 e. The van der Waals surface area contributed by atoms with E-state index in [-0.39, 0.29) is 25.5 Å². The van der Waals surface area contributed by atoms with E-state index in [4.69, 9.17) is 14.4 Å². The fourth-order valence-electron chi connectivity index (χ4n) is 9.53. The monoisotopic (exact) mass is 1140 g/mol. The molecular weight excluding hydrogens is 1080 g/mol. The molecule has 3 heterocycles. The Morgan fingerprint density at radius 1 is 0.652 bits per heavy atom. The summed E-state index contributed by atoms with van der Waals surface area (Å²) in [4.78, 5) is 10.2. The molecule has 11 rings (SSSR count). The Bertz CT molecular complexity index is 3520. The van der Waals surface area contributed by atoms with Crippen LogP contribution in [0.3, 0.4) is 0 Å². The van der Waals surface area contributed by atoms with Crippen LogP contribution < -0.4 is 4.40 Å². The average Bonchev–Trinajstić information content (AvgIpc) is 3.93. The molecule has 0 spiro atoms. The minimum atomic E-state index is -1.86. The second-order valence-corrected chi connectivity index (χ2v) is 30.9. The van der Waals surface area contributed by atoms with Crippen molar-refractivity contribution >= 4 is 61.4 Å². The van der Waals surface area contributed by atoms with Gasteiger partial charge in [0.25, 0.3) is 0 Å². The van der Waals surface area contributed by atoms with Crippen LogP contribution in [0.4, 0.5) is 0 Å². The number of fused-ring (bicyclic) bond motifs is 6. The van der Waals surface area contributed by atoms with Crippen LogP contribution in [0.5, 0.6) is 0 Å². The molecule has 0 N–H and O–H groups in total. The fraction of sp³-hybridized carbons (Fsp3) is 0.175. The van der Waals surface area contributed by atoms with Crippen LogP contribution in [0, 0.1) is 18.1 Å². The van der Waals surface area contributed by atoms with Crippen molar-refractivity contribution in [2.24, 2.45) is 5.92 Å². The molecule has 0 bridgehead atoms. The number of hydrogen-bond donors (Lipinski definition) is 0. The molecule has 69 heavy (non-hydrogen) atoms.